The van der Waals surface area contributed by atoms with Gasteiger partial charge in [0, 0.05) is 17.8 Å². The molecule has 4 rings (SSSR count). The number of aliphatic imine (C=N–C) groups is 1. The molecule has 1 aromatic heterocycles. The highest BCUT2D eigenvalue weighted by Gasteiger charge is 2.63. The smallest absolute Gasteiger partial charge is 0.275 e. The second kappa shape index (κ2) is 9.95. The molecule has 1 amide bonds. The van der Waals surface area contributed by atoms with Gasteiger partial charge in [-0.25, -0.2) is 14.4 Å². The van der Waals surface area contributed by atoms with Crippen molar-refractivity contribution in [2.24, 2.45) is 10.7 Å². The number of ether oxygens (including phenoxy) is 1. The van der Waals surface area contributed by atoms with Crippen molar-refractivity contribution >= 4 is 27.9 Å². The van der Waals surface area contributed by atoms with Gasteiger partial charge >= 0.3 is 0 Å². The first-order chi connectivity index (χ1) is 17.2. The van der Waals surface area contributed by atoms with E-state index in [1.807, 2.05) is 27.7 Å². The zero-order valence-electron chi connectivity index (χ0n) is 21.2. The molecule has 3 heterocycles. The van der Waals surface area contributed by atoms with Crippen LogP contribution >= 0.6 is 10.5 Å². The number of rotatable bonds is 8. The number of benzene rings is 1. The first-order valence-electron chi connectivity index (χ1n) is 12.4. The third kappa shape index (κ3) is 3.93. The highest BCUT2D eigenvalue weighted by atomic mass is 32.3. The lowest BCUT2D eigenvalue weighted by atomic mass is 9.81. The number of fused-ring (bicyclic) bond motifs is 1. The van der Waals surface area contributed by atoms with Gasteiger partial charge in [-0.15, -0.1) is 0 Å². The van der Waals surface area contributed by atoms with Crippen LogP contribution in [-0.2, 0) is 5.54 Å². The minimum absolute atomic E-state index is 0.0894. The minimum Gasteiger partial charge on any atom is -0.477 e. The highest BCUT2D eigenvalue weighted by Crippen LogP contribution is 2.70. The second-order valence-corrected chi connectivity index (χ2v) is 12.0. The largest absolute Gasteiger partial charge is 0.477 e. The van der Waals surface area contributed by atoms with Crippen LogP contribution in [0.3, 0.4) is 0 Å². The maximum atomic E-state index is 14.7. The quantitative estimate of drug-likeness (QED) is 0.408. The van der Waals surface area contributed by atoms with Crippen LogP contribution < -0.4 is 20.5 Å². The highest BCUT2D eigenvalue weighted by molar-refractivity contribution is 8.30. The number of nitrogens with one attached hydrogen (secondary N) is 2. The molecular formula is C25H35FN6O3S. The second-order valence-electron chi connectivity index (χ2n) is 9.09. The summed E-state index contributed by atoms with van der Waals surface area (Å²) in [7, 11) is -2.46. The number of halogens is 1. The van der Waals surface area contributed by atoms with E-state index in [1.54, 1.807) is 0 Å². The SMILES string of the molecule is CCOc1cnc(C(=O)Nc2ccc(F)cc2[C@@]2(CC)N=C(N)C(CC)(CC)S3(O)NCC[C@@H]23)cn1. The van der Waals surface area contributed by atoms with E-state index in [9.17, 15) is 13.7 Å². The lowest BCUT2D eigenvalue weighted by molar-refractivity contribution is 0.102. The normalized spacial score (nSPS) is 28.5. The van der Waals surface area contributed by atoms with Crippen LogP contribution in [0.5, 0.6) is 5.88 Å². The first-order valence-corrected chi connectivity index (χ1v) is 14.1. The Morgan fingerprint density at radius 2 is 2.00 bits per heavy atom. The Hall–Kier alpha value is -2.76. The van der Waals surface area contributed by atoms with Crippen molar-refractivity contribution in [2.45, 2.75) is 68.9 Å². The Morgan fingerprint density at radius 3 is 2.61 bits per heavy atom. The Kier molecular flexibility index (Phi) is 7.27. The van der Waals surface area contributed by atoms with E-state index >= 15 is 0 Å². The molecule has 36 heavy (non-hydrogen) atoms. The zero-order chi connectivity index (χ0) is 26.1. The Bertz CT molecular complexity index is 1160. The first kappa shape index (κ1) is 26.3. The Morgan fingerprint density at radius 1 is 1.25 bits per heavy atom. The summed E-state index contributed by atoms with van der Waals surface area (Å²) in [6.07, 6.45) is 5.11. The minimum atomic E-state index is -2.46. The van der Waals surface area contributed by atoms with E-state index in [-0.39, 0.29) is 10.9 Å². The standard InChI is InChI=1S/C25H35FN6O3S/c1-5-24(6-2)23(27)32-25(7-3,20-11-12-30-36(20,24)34)17-13-16(26)9-10-18(17)31-22(33)19-14-29-21(15-28-19)35-8-4/h9-10,13-15,20,30,34H,5-8,11-12H2,1-4H3,(H2,27,32)(H,31,33)/t20-,25+/m0/s1. The molecule has 1 unspecified atom stereocenters. The summed E-state index contributed by atoms with van der Waals surface area (Å²) >= 11 is 0. The van der Waals surface area contributed by atoms with Gasteiger partial charge in [-0.05, 0) is 50.8 Å². The van der Waals surface area contributed by atoms with Crippen molar-refractivity contribution < 1.29 is 18.5 Å². The van der Waals surface area contributed by atoms with Gasteiger partial charge < -0.3 is 20.3 Å². The third-order valence-corrected chi connectivity index (χ3v) is 11.7. The average Bonchev–Trinajstić information content (AvgIpc) is 3.29. The summed E-state index contributed by atoms with van der Waals surface area (Å²) in [5.74, 6) is -0.268. The summed E-state index contributed by atoms with van der Waals surface area (Å²) in [6.45, 7) is 8.85. The predicted octanol–water partition coefficient (Wildman–Crippen LogP) is 4.36. The van der Waals surface area contributed by atoms with Gasteiger partial charge in [0.15, 0.2) is 0 Å². The molecule has 0 spiro atoms. The molecule has 196 valence electrons. The van der Waals surface area contributed by atoms with Crippen LogP contribution in [-0.4, -0.2) is 49.4 Å². The molecular weight excluding hydrogens is 483 g/mol. The summed E-state index contributed by atoms with van der Waals surface area (Å²) in [6, 6.07) is 4.20. The maximum Gasteiger partial charge on any atom is 0.275 e. The molecule has 1 saturated heterocycles. The fraction of sp³-hybridized carbons (Fsp3) is 0.520. The van der Waals surface area contributed by atoms with Crippen LogP contribution in [0.15, 0.2) is 35.6 Å². The molecule has 0 saturated carbocycles. The van der Waals surface area contributed by atoms with E-state index < -0.39 is 32.5 Å². The predicted molar refractivity (Wildman–Crippen MR) is 141 cm³/mol. The van der Waals surface area contributed by atoms with Crippen LogP contribution in [0.2, 0.25) is 0 Å². The lowest BCUT2D eigenvalue weighted by Gasteiger charge is -2.59. The molecule has 2 aliphatic rings. The molecule has 1 aromatic carbocycles. The van der Waals surface area contributed by atoms with E-state index in [4.69, 9.17) is 15.5 Å². The van der Waals surface area contributed by atoms with Crippen LogP contribution in [0.1, 0.15) is 69.4 Å². The van der Waals surface area contributed by atoms with Crippen LogP contribution in [0.4, 0.5) is 10.1 Å². The van der Waals surface area contributed by atoms with Crippen molar-refractivity contribution in [1.82, 2.24) is 14.7 Å². The van der Waals surface area contributed by atoms with Crippen molar-refractivity contribution in [3.63, 3.8) is 0 Å². The number of aromatic nitrogens is 2. The Balaban J connectivity index is 1.81. The Labute approximate surface area is 212 Å². The van der Waals surface area contributed by atoms with E-state index in [1.165, 1.54) is 30.6 Å². The molecule has 0 radical (unpaired) electrons. The van der Waals surface area contributed by atoms with Gasteiger partial charge in [-0.1, -0.05) is 31.3 Å². The monoisotopic (exact) mass is 518 g/mol. The number of nitrogens with two attached hydrogens (primary N) is 1. The molecule has 11 heteroatoms. The lowest BCUT2D eigenvalue weighted by Crippen LogP contribution is -2.60. The topological polar surface area (TPSA) is 135 Å². The number of hydrogen-bond acceptors (Lipinski definition) is 8. The number of amides is 1. The number of anilines is 1. The van der Waals surface area contributed by atoms with Gasteiger partial charge in [0.2, 0.25) is 5.88 Å². The van der Waals surface area contributed by atoms with E-state index in [0.29, 0.717) is 61.8 Å². The van der Waals surface area contributed by atoms with Crippen molar-refractivity contribution in [3.8, 4) is 5.88 Å². The van der Waals surface area contributed by atoms with Crippen LogP contribution in [0, 0.1) is 5.82 Å². The van der Waals surface area contributed by atoms with Gasteiger partial charge in [-0.2, -0.15) is 0 Å². The average molecular weight is 519 g/mol. The molecule has 0 bridgehead atoms. The summed E-state index contributed by atoms with van der Waals surface area (Å²) < 4.78 is 34.9. The number of amidine groups is 1. The molecule has 1 fully saturated rings. The molecule has 5 N–H and O–H groups in total. The number of nitrogens with zero attached hydrogens (tertiary/aromatic N) is 3. The van der Waals surface area contributed by atoms with Gasteiger partial charge in [-0.3, -0.25) is 14.5 Å². The maximum absolute atomic E-state index is 14.7. The number of hydrogen-bond donors (Lipinski definition) is 4. The summed E-state index contributed by atoms with van der Waals surface area (Å²) in [4.78, 5) is 26.4. The van der Waals surface area contributed by atoms with E-state index in [0.717, 1.165) is 0 Å². The fourth-order valence-electron chi connectivity index (χ4n) is 5.71. The fourth-order valence-corrected chi connectivity index (χ4v) is 9.77. The molecule has 2 aliphatic heterocycles. The van der Waals surface area contributed by atoms with Crippen LogP contribution in [0.25, 0.3) is 0 Å². The molecule has 3 atom stereocenters. The molecule has 9 nitrogen and oxygen atoms in total. The zero-order valence-corrected chi connectivity index (χ0v) is 22.0. The summed E-state index contributed by atoms with van der Waals surface area (Å²) in [5.41, 5.74) is 6.60. The van der Waals surface area contributed by atoms with Gasteiger partial charge in [0.1, 0.15) is 22.9 Å². The number of carbonyl (C=O) groups is 1. The molecule has 0 aliphatic carbocycles. The van der Waals surface area contributed by atoms with Crippen molar-refractivity contribution in [3.05, 3.63) is 47.7 Å². The third-order valence-electron chi connectivity index (χ3n) is 7.59. The van der Waals surface area contributed by atoms with Gasteiger partial charge in [0.25, 0.3) is 5.91 Å². The van der Waals surface area contributed by atoms with Gasteiger partial charge in [0.05, 0.1) is 29.0 Å². The molecule has 2 aromatic rings. The van der Waals surface area contributed by atoms with Crippen molar-refractivity contribution in [2.75, 3.05) is 18.5 Å². The number of carbonyl (C=O) groups excluding carboxylic acids is 1. The van der Waals surface area contributed by atoms with E-state index in [2.05, 4.69) is 20.0 Å². The summed E-state index contributed by atoms with van der Waals surface area (Å²) in [5, 5.41) is 2.57. The van der Waals surface area contributed by atoms with Crippen molar-refractivity contribution in [1.29, 1.82) is 0 Å².